The number of nitriles is 1. The zero-order valence-electron chi connectivity index (χ0n) is 16.1. The van der Waals surface area contributed by atoms with Gasteiger partial charge < -0.3 is 15.2 Å². The minimum absolute atomic E-state index is 0.00196. The number of hydrogen-bond acceptors (Lipinski definition) is 3. The lowest BCUT2D eigenvalue weighted by Crippen LogP contribution is -2.30. The van der Waals surface area contributed by atoms with Crippen molar-refractivity contribution < 1.29 is 9.59 Å². The van der Waals surface area contributed by atoms with Crippen LogP contribution >= 0.6 is 0 Å². The summed E-state index contributed by atoms with van der Waals surface area (Å²) in [5.74, 6) is -0.465. The van der Waals surface area contributed by atoms with Crippen molar-refractivity contribution in [3.8, 4) is 6.07 Å². The SMILES string of the molecule is Cc1ccc(NC(=O)Cn2cc(C#N)c3cccc(C(=O)NC(C)C)c32)cc1. The summed E-state index contributed by atoms with van der Waals surface area (Å²) in [5, 5.41) is 15.8. The fraction of sp³-hybridized carbons (Fsp3) is 0.227. The van der Waals surface area contributed by atoms with Crippen LogP contribution in [0.2, 0.25) is 0 Å². The predicted octanol–water partition coefficient (Wildman–Crippen LogP) is 3.60. The number of fused-ring (bicyclic) bond motifs is 1. The Morgan fingerprint density at radius 3 is 2.50 bits per heavy atom. The molecule has 0 fully saturated rings. The van der Waals surface area contributed by atoms with E-state index in [0.717, 1.165) is 5.56 Å². The maximum Gasteiger partial charge on any atom is 0.253 e. The Labute approximate surface area is 163 Å². The molecule has 0 spiro atoms. The molecule has 0 aliphatic rings. The molecule has 2 N–H and O–H groups in total. The summed E-state index contributed by atoms with van der Waals surface area (Å²) in [6.07, 6.45) is 1.62. The van der Waals surface area contributed by atoms with E-state index in [1.165, 1.54) is 0 Å². The molecule has 0 radical (unpaired) electrons. The monoisotopic (exact) mass is 374 g/mol. The molecule has 1 heterocycles. The van der Waals surface area contributed by atoms with Gasteiger partial charge in [0.2, 0.25) is 5.91 Å². The molecule has 2 amide bonds. The average molecular weight is 374 g/mol. The van der Waals surface area contributed by atoms with Crippen LogP contribution < -0.4 is 10.6 Å². The number of para-hydroxylation sites is 1. The van der Waals surface area contributed by atoms with Gasteiger partial charge in [-0.2, -0.15) is 5.26 Å². The van der Waals surface area contributed by atoms with E-state index < -0.39 is 0 Å². The molecule has 6 nitrogen and oxygen atoms in total. The lowest BCUT2D eigenvalue weighted by Gasteiger charge is -2.12. The molecular formula is C22H22N4O2. The second kappa shape index (κ2) is 7.97. The maximum atomic E-state index is 12.6. The topological polar surface area (TPSA) is 86.9 Å². The smallest absolute Gasteiger partial charge is 0.253 e. The first-order valence-corrected chi connectivity index (χ1v) is 9.08. The fourth-order valence-electron chi connectivity index (χ4n) is 3.09. The molecule has 0 unspecified atom stereocenters. The summed E-state index contributed by atoms with van der Waals surface area (Å²) < 4.78 is 1.66. The molecule has 3 rings (SSSR count). The molecule has 142 valence electrons. The van der Waals surface area contributed by atoms with Gasteiger partial charge in [0, 0.05) is 23.3 Å². The van der Waals surface area contributed by atoms with E-state index in [1.54, 1.807) is 29.0 Å². The Morgan fingerprint density at radius 1 is 1.14 bits per heavy atom. The van der Waals surface area contributed by atoms with Gasteiger partial charge in [-0.3, -0.25) is 9.59 Å². The standard InChI is InChI=1S/C22H22N4O2/c1-14(2)24-22(28)19-6-4-5-18-16(11-23)12-26(21(18)19)13-20(27)25-17-9-7-15(3)8-10-17/h4-10,12,14H,13H2,1-3H3,(H,24,28)(H,25,27). The number of nitrogens with one attached hydrogen (secondary N) is 2. The largest absolute Gasteiger partial charge is 0.350 e. The van der Waals surface area contributed by atoms with Crippen LogP contribution in [0, 0.1) is 18.3 Å². The van der Waals surface area contributed by atoms with Gasteiger partial charge in [-0.05, 0) is 39.0 Å². The highest BCUT2D eigenvalue weighted by Crippen LogP contribution is 2.25. The summed E-state index contributed by atoms with van der Waals surface area (Å²) in [7, 11) is 0. The van der Waals surface area contributed by atoms with Crippen LogP contribution in [-0.4, -0.2) is 22.4 Å². The first kappa shape index (κ1) is 19.2. The van der Waals surface area contributed by atoms with Crippen LogP contribution in [0.5, 0.6) is 0 Å². The fourth-order valence-corrected chi connectivity index (χ4v) is 3.09. The van der Waals surface area contributed by atoms with Crippen LogP contribution in [0.25, 0.3) is 10.9 Å². The second-order valence-electron chi connectivity index (χ2n) is 7.03. The summed E-state index contributed by atoms with van der Waals surface area (Å²) >= 11 is 0. The number of nitrogens with zero attached hydrogens (tertiary/aromatic N) is 2. The van der Waals surface area contributed by atoms with Crippen molar-refractivity contribution in [1.82, 2.24) is 9.88 Å². The predicted molar refractivity (Wildman–Crippen MR) is 109 cm³/mol. The van der Waals surface area contributed by atoms with Crippen molar-refractivity contribution >= 4 is 28.4 Å². The zero-order chi connectivity index (χ0) is 20.3. The number of rotatable bonds is 5. The van der Waals surface area contributed by atoms with Gasteiger partial charge in [0.1, 0.15) is 12.6 Å². The Bertz CT molecular complexity index is 1070. The van der Waals surface area contributed by atoms with E-state index in [2.05, 4.69) is 16.7 Å². The molecule has 28 heavy (non-hydrogen) atoms. The Balaban J connectivity index is 1.95. The third-order valence-electron chi connectivity index (χ3n) is 4.33. The van der Waals surface area contributed by atoms with Gasteiger partial charge in [0.15, 0.2) is 0 Å². The van der Waals surface area contributed by atoms with E-state index in [4.69, 9.17) is 0 Å². The summed E-state index contributed by atoms with van der Waals surface area (Å²) in [5.41, 5.74) is 3.25. The third-order valence-corrected chi connectivity index (χ3v) is 4.33. The molecule has 2 aromatic carbocycles. The van der Waals surface area contributed by atoms with E-state index in [9.17, 15) is 14.9 Å². The van der Waals surface area contributed by atoms with Crippen molar-refractivity contribution in [2.75, 3.05) is 5.32 Å². The number of amides is 2. The minimum Gasteiger partial charge on any atom is -0.350 e. The number of anilines is 1. The highest BCUT2D eigenvalue weighted by Gasteiger charge is 2.18. The molecule has 0 atom stereocenters. The Kier molecular flexibility index (Phi) is 5.46. The molecule has 0 saturated carbocycles. The second-order valence-corrected chi connectivity index (χ2v) is 7.03. The van der Waals surface area contributed by atoms with Gasteiger partial charge >= 0.3 is 0 Å². The summed E-state index contributed by atoms with van der Waals surface area (Å²) in [6, 6.07) is 14.9. The lowest BCUT2D eigenvalue weighted by molar-refractivity contribution is -0.116. The van der Waals surface area contributed by atoms with Gasteiger partial charge in [-0.25, -0.2) is 0 Å². The number of aryl methyl sites for hydroxylation is 1. The van der Waals surface area contributed by atoms with Crippen molar-refractivity contribution in [1.29, 1.82) is 5.26 Å². The van der Waals surface area contributed by atoms with Crippen LogP contribution in [0.1, 0.15) is 35.3 Å². The average Bonchev–Trinajstić information content (AvgIpc) is 3.00. The highest BCUT2D eigenvalue weighted by molar-refractivity contribution is 6.07. The van der Waals surface area contributed by atoms with Crippen molar-refractivity contribution in [3.63, 3.8) is 0 Å². The Morgan fingerprint density at radius 2 is 1.86 bits per heavy atom. The molecule has 0 aliphatic carbocycles. The minimum atomic E-state index is -0.233. The number of carbonyl (C=O) groups is 2. The van der Waals surface area contributed by atoms with Gasteiger partial charge in [0.05, 0.1) is 16.6 Å². The van der Waals surface area contributed by atoms with E-state index >= 15 is 0 Å². The zero-order valence-corrected chi connectivity index (χ0v) is 16.1. The van der Waals surface area contributed by atoms with Gasteiger partial charge in [-0.1, -0.05) is 29.8 Å². The molecule has 1 aromatic heterocycles. The number of aromatic nitrogens is 1. The van der Waals surface area contributed by atoms with Gasteiger partial charge in [-0.15, -0.1) is 0 Å². The maximum absolute atomic E-state index is 12.6. The van der Waals surface area contributed by atoms with Crippen LogP contribution in [-0.2, 0) is 11.3 Å². The Hall–Kier alpha value is -3.59. The van der Waals surface area contributed by atoms with E-state index in [-0.39, 0.29) is 24.4 Å². The van der Waals surface area contributed by atoms with E-state index in [0.29, 0.717) is 27.7 Å². The van der Waals surface area contributed by atoms with Crippen molar-refractivity contribution in [2.24, 2.45) is 0 Å². The summed E-state index contributed by atoms with van der Waals surface area (Å²) in [6.45, 7) is 5.74. The first-order chi connectivity index (χ1) is 13.4. The molecule has 0 aliphatic heterocycles. The van der Waals surface area contributed by atoms with E-state index in [1.807, 2.05) is 45.0 Å². The lowest BCUT2D eigenvalue weighted by atomic mass is 10.1. The molecule has 6 heteroatoms. The molecule has 3 aromatic rings. The third kappa shape index (κ3) is 4.04. The molecule has 0 bridgehead atoms. The molecule has 0 saturated heterocycles. The normalized spacial score (nSPS) is 10.7. The molecular weight excluding hydrogens is 352 g/mol. The quantitative estimate of drug-likeness (QED) is 0.715. The summed E-state index contributed by atoms with van der Waals surface area (Å²) in [4.78, 5) is 25.2. The number of hydrogen-bond donors (Lipinski definition) is 2. The van der Waals surface area contributed by atoms with Crippen molar-refractivity contribution in [3.05, 3.63) is 65.4 Å². The van der Waals surface area contributed by atoms with Crippen LogP contribution in [0.3, 0.4) is 0 Å². The van der Waals surface area contributed by atoms with Crippen molar-refractivity contribution in [2.45, 2.75) is 33.4 Å². The number of carbonyl (C=O) groups excluding carboxylic acids is 2. The first-order valence-electron chi connectivity index (χ1n) is 9.08. The highest BCUT2D eigenvalue weighted by atomic mass is 16.2. The van der Waals surface area contributed by atoms with Crippen LogP contribution in [0.15, 0.2) is 48.7 Å². The number of benzene rings is 2. The van der Waals surface area contributed by atoms with Gasteiger partial charge in [0.25, 0.3) is 5.91 Å². The van der Waals surface area contributed by atoms with Crippen LogP contribution in [0.4, 0.5) is 5.69 Å².